The monoisotopic (exact) mass is 505 g/mol. The molecule has 0 bridgehead atoms. The first kappa shape index (κ1) is 24.0. The van der Waals surface area contributed by atoms with E-state index in [2.05, 4.69) is 5.32 Å². The summed E-state index contributed by atoms with van der Waals surface area (Å²) in [6.45, 7) is 4.57. The molecular weight excluding hydrogens is 478 g/mol. The summed E-state index contributed by atoms with van der Waals surface area (Å²) in [7, 11) is 1.38. The van der Waals surface area contributed by atoms with Crippen molar-refractivity contribution in [3.05, 3.63) is 81.5 Å². The summed E-state index contributed by atoms with van der Waals surface area (Å²) >= 11 is 1.47. The minimum atomic E-state index is -0.427. The largest absolute Gasteiger partial charge is 0.466 e. The Labute approximate surface area is 214 Å². The average molecular weight is 506 g/mol. The number of hydrogen-bond acceptors (Lipinski definition) is 8. The van der Waals surface area contributed by atoms with Crippen molar-refractivity contribution in [3.63, 3.8) is 0 Å². The lowest BCUT2D eigenvalue weighted by molar-refractivity contribution is -0.136. The van der Waals surface area contributed by atoms with Crippen LogP contribution in [0, 0.1) is 6.92 Å². The molecule has 3 aliphatic heterocycles. The normalized spacial score (nSPS) is 18.0. The molecule has 0 radical (unpaired) electrons. The number of benzene rings is 2. The lowest BCUT2D eigenvalue weighted by Crippen LogP contribution is -2.38. The SMILES string of the molecule is CCC1=C(C(=O)OC)C(c2ccccc2C)N2C(CC(=O)NCc3ccc4c(c3)OCO4)=CSC2=N1. The van der Waals surface area contributed by atoms with Gasteiger partial charge in [0.25, 0.3) is 0 Å². The number of rotatable bonds is 7. The van der Waals surface area contributed by atoms with Crippen molar-refractivity contribution in [1.29, 1.82) is 0 Å². The van der Waals surface area contributed by atoms with Gasteiger partial charge in [-0.1, -0.05) is 49.0 Å². The molecule has 1 unspecified atom stereocenters. The van der Waals surface area contributed by atoms with E-state index < -0.39 is 12.0 Å². The molecule has 5 rings (SSSR count). The van der Waals surface area contributed by atoms with Crippen LogP contribution in [-0.4, -0.2) is 35.8 Å². The molecule has 2 aromatic carbocycles. The first-order valence-electron chi connectivity index (χ1n) is 11.8. The number of ether oxygens (including phenoxy) is 3. The van der Waals surface area contributed by atoms with Gasteiger partial charge < -0.3 is 24.4 Å². The van der Waals surface area contributed by atoms with Crippen molar-refractivity contribution in [2.24, 2.45) is 4.99 Å². The molecule has 0 saturated carbocycles. The summed E-state index contributed by atoms with van der Waals surface area (Å²) in [6.07, 6.45) is 0.741. The van der Waals surface area contributed by atoms with Crippen LogP contribution in [0.1, 0.15) is 42.5 Å². The number of methoxy groups -OCH3 is 1. The lowest BCUT2D eigenvalue weighted by atomic mass is 9.90. The lowest BCUT2D eigenvalue weighted by Gasteiger charge is -2.37. The first-order chi connectivity index (χ1) is 17.5. The van der Waals surface area contributed by atoms with E-state index in [4.69, 9.17) is 19.2 Å². The van der Waals surface area contributed by atoms with Gasteiger partial charge >= 0.3 is 5.97 Å². The van der Waals surface area contributed by atoms with E-state index in [0.29, 0.717) is 35.7 Å². The van der Waals surface area contributed by atoms with Gasteiger partial charge in [0.15, 0.2) is 16.7 Å². The topological polar surface area (TPSA) is 89.5 Å². The highest BCUT2D eigenvalue weighted by Crippen LogP contribution is 2.46. The van der Waals surface area contributed by atoms with Crippen molar-refractivity contribution in [2.45, 2.75) is 39.3 Å². The molecule has 1 N–H and O–H groups in total. The van der Waals surface area contributed by atoms with Crippen molar-refractivity contribution in [2.75, 3.05) is 13.9 Å². The molecule has 8 nitrogen and oxygen atoms in total. The zero-order chi connectivity index (χ0) is 25.2. The van der Waals surface area contributed by atoms with Crippen LogP contribution in [0.3, 0.4) is 0 Å². The summed E-state index contributed by atoms with van der Waals surface area (Å²) < 4.78 is 16.0. The van der Waals surface area contributed by atoms with E-state index in [-0.39, 0.29) is 19.1 Å². The van der Waals surface area contributed by atoms with Gasteiger partial charge in [0.05, 0.1) is 30.8 Å². The van der Waals surface area contributed by atoms with Crippen LogP contribution >= 0.6 is 11.8 Å². The quantitative estimate of drug-likeness (QED) is 0.552. The Morgan fingerprint density at radius 1 is 1.19 bits per heavy atom. The van der Waals surface area contributed by atoms with E-state index in [1.807, 2.05) is 66.6 Å². The van der Waals surface area contributed by atoms with E-state index in [1.165, 1.54) is 18.9 Å². The van der Waals surface area contributed by atoms with Gasteiger partial charge in [0.1, 0.15) is 0 Å². The molecule has 0 aromatic heterocycles. The number of allylic oxidation sites excluding steroid dienone is 1. The fourth-order valence-electron chi connectivity index (χ4n) is 4.58. The third-order valence-electron chi connectivity index (χ3n) is 6.38. The maximum absolute atomic E-state index is 13.0. The van der Waals surface area contributed by atoms with Gasteiger partial charge in [-0.05, 0) is 47.6 Å². The minimum absolute atomic E-state index is 0.130. The van der Waals surface area contributed by atoms with Crippen molar-refractivity contribution in [1.82, 2.24) is 10.2 Å². The zero-order valence-corrected chi connectivity index (χ0v) is 21.2. The van der Waals surface area contributed by atoms with E-state index >= 15 is 0 Å². The first-order valence-corrected chi connectivity index (χ1v) is 12.6. The molecule has 0 fully saturated rings. The molecule has 0 spiro atoms. The Kier molecular flexibility index (Phi) is 6.73. The van der Waals surface area contributed by atoms with Crippen molar-refractivity contribution >= 4 is 28.8 Å². The molecule has 1 atom stereocenters. The fourth-order valence-corrected chi connectivity index (χ4v) is 5.52. The zero-order valence-electron chi connectivity index (χ0n) is 20.4. The highest BCUT2D eigenvalue weighted by molar-refractivity contribution is 8.16. The van der Waals surface area contributed by atoms with E-state index in [0.717, 1.165) is 27.6 Å². The van der Waals surface area contributed by atoms with Gasteiger partial charge in [-0.15, -0.1) is 0 Å². The molecule has 3 heterocycles. The minimum Gasteiger partial charge on any atom is -0.466 e. The predicted molar refractivity (Wildman–Crippen MR) is 137 cm³/mol. The van der Waals surface area contributed by atoms with Crippen LogP contribution in [-0.2, 0) is 20.9 Å². The molecule has 36 heavy (non-hydrogen) atoms. The molecule has 1 amide bonds. The Morgan fingerprint density at radius 3 is 2.78 bits per heavy atom. The van der Waals surface area contributed by atoms with Gasteiger partial charge in [-0.3, -0.25) is 4.79 Å². The third-order valence-corrected chi connectivity index (χ3v) is 7.27. The molecule has 2 aromatic rings. The molecule has 9 heteroatoms. The second-order valence-corrected chi connectivity index (χ2v) is 9.43. The number of hydrogen-bond donors (Lipinski definition) is 1. The van der Waals surface area contributed by atoms with Crippen LogP contribution in [0.15, 0.2) is 69.8 Å². The summed E-state index contributed by atoms with van der Waals surface area (Å²) in [6, 6.07) is 13.2. The molecular formula is C27H27N3O5S. The highest BCUT2D eigenvalue weighted by atomic mass is 32.2. The third kappa shape index (κ3) is 4.46. The van der Waals surface area contributed by atoms with Crippen LogP contribution in [0.25, 0.3) is 0 Å². The second kappa shape index (κ2) is 10.1. The number of aliphatic imine (C=N–C) groups is 1. The molecule has 0 aliphatic carbocycles. The maximum Gasteiger partial charge on any atom is 0.338 e. The number of esters is 1. The Morgan fingerprint density at radius 2 is 2.00 bits per heavy atom. The Balaban J connectivity index is 1.39. The summed E-state index contributed by atoms with van der Waals surface area (Å²) in [5.41, 5.74) is 4.94. The highest BCUT2D eigenvalue weighted by Gasteiger charge is 2.41. The van der Waals surface area contributed by atoms with Gasteiger partial charge in [-0.2, -0.15) is 0 Å². The van der Waals surface area contributed by atoms with Gasteiger partial charge in [-0.25, -0.2) is 9.79 Å². The number of aryl methyl sites for hydroxylation is 1. The predicted octanol–water partition coefficient (Wildman–Crippen LogP) is 4.57. The standard InChI is InChI=1S/C27H27N3O5S/c1-4-20-24(26(32)33-3)25(19-8-6-5-7-16(19)2)30-18(14-36-27(30)29-20)12-23(31)28-13-17-9-10-21-22(11-17)35-15-34-21/h5-11,14,25H,4,12-13,15H2,1-3H3,(H,28,31). The summed E-state index contributed by atoms with van der Waals surface area (Å²) in [5.74, 6) is 0.847. The van der Waals surface area contributed by atoms with Crippen LogP contribution in [0.5, 0.6) is 11.5 Å². The van der Waals surface area contributed by atoms with Gasteiger partial charge in [0.2, 0.25) is 12.7 Å². The van der Waals surface area contributed by atoms with Crippen LogP contribution in [0.4, 0.5) is 0 Å². The average Bonchev–Trinajstić information content (AvgIpc) is 3.53. The van der Waals surface area contributed by atoms with Crippen molar-refractivity contribution < 1.29 is 23.8 Å². The number of nitrogens with one attached hydrogen (secondary N) is 1. The van der Waals surface area contributed by atoms with E-state index in [1.54, 1.807) is 0 Å². The number of amides is 1. The smallest absolute Gasteiger partial charge is 0.338 e. The number of carbonyl (C=O) groups excluding carboxylic acids is 2. The molecule has 0 saturated heterocycles. The van der Waals surface area contributed by atoms with E-state index in [9.17, 15) is 9.59 Å². The maximum atomic E-state index is 13.0. The number of amidine groups is 1. The van der Waals surface area contributed by atoms with Crippen LogP contribution in [0.2, 0.25) is 0 Å². The number of thioether (sulfide) groups is 1. The molecule has 3 aliphatic rings. The van der Waals surface area contributed by atoms with Crippen LogP contribution < -0.4 is 14.8 Å². The van der Waals surface area contributed by atoms with Crippen molar-refractivity contribution in [3.8, 4) is 11.5 Å². The molecule has 186 valence electrons. The fraction of sp³-hybridized carbons (Fsp3) is 0.296. The number of carbonyl (C=O) groups is 2. The number of fused-ring (bicyclic) bond motifs is 2. The summed E-state index contributed by atoms with van der Waals surface area (Å²) in [5, 5.41) is 5.69. The summed E-state index contributed by atoms with van der Waals surface area (Å²) in [4.78, 5) is 32.8. The van der Waals surface area contributed by atoms with Gasteiger partial charge in [0, 0.05) is 12.2 Å². The second-order valence-electron chi connectivity index (χ2n) is 8.60. The Hall–Kier alpha value is -3.72. The number of nitrogens with zero attached hydrogens (tertiary/aromatic N) is 2. The Bertz CT molecular complexity index is 1320.